The van der Waals surface area contributed by atoms with E-state index >= 15 is 0 Å². The minimum Gasteiger partial charge on any atom is -0.494 e. The van der Waals surface area contributed by atoms with Crippen molar-refractivity contribution in [2.75, 3.05) is 12.4 Å². The summed E-state index contributed by atoms with van der Waals surface area (Å²) in [5, 5.41) is 0.861. The number of hydrogen-bond acceptors (Lipinski definition) is 4. The Labute approximate surface area is 116 Å². The highest BCUT2D eigenvalue weighted by molar-refractivity contribution is 7.85. The van der Waals surface area contributed by atoms with Gasteiger partial charge in [-0.3, -0.25) is 9.35 Å². The average molecular weight is 297 g/mol. The van der Waals surface area contributed by atoms with Crippen molar-refractivity contribution in [2.24, 2.45) is 0 Å². The third kappa shape index (κ3) is 4.36. The van der Waals surface area contributed by atoms with Crippen LogP contribution in [0.3, 0.4) is 0 Å². The zero-order chi connectivity index (χ0) is 14.6. The molecular weight excluding hydrogens is 282 g/mol. The monoisotopic (exact) mass is 297 g/mol. The van der Waals surface area contributed by atoms with Gasteiger partial charge in [-0.05, 0) is 37.1 Å². The second kappa shape index (κ2) is 6.06. The van der Waals surface area contributed by atoms with E-state index in [1.165, 1.54) is 6.07 Å². The fourth-order valence-electron chi connectivity index (χ4n) is 1.80. The first-order valence-electron chi connectivity index (χ1n) is 6.15. The van der Waals surface area contributed by atoms with E-state index in [0.717, 1.165) is 10.9 Å². The molecule has 1 aromatic heterocycles. The smallest absolute Gasteiger partial charge is 0.264 e. The van der Waals surface area contributed by atoms with Gasteiger partial charge in [0.25, 0.3) is 10.1 Å². The van der Waals surface area contributed by atoms with Crippen LogP contribution in [0.4, 0.5) is 0 Å². The van der Waals surface area contributed by atoms with Crippen LogP contribution in [0.1, 0.15) is 12.8 Å². The Hall–Kier alpha value is -1.86. The molecule has 1 aromatic carbocycles. The fraction of sp³-hybridized carbons (Fsp3) is 0.308. The third-order valence-corrected chi connectivity index (χ3v) is 3.57. The highest BCUT2D eigenvalue weighted by atomic mass is 32.2. The van der Waals surface area contributed by atoms with Gasteiger partial charge in [-0.25, -0.2) is 0 Å². The maximum atomic E-state index is 11.1. The minimum absolute atomic E-state index is 0.156. The summed E-state index contributed by atoms with van der Waals surface area (Å²) in [5.74, 6) is 0.395. The van der Waals surface area contributed by atoms with Gasteiger partial charge in [0.15, 0.2) is 0 Å². The Bertz CT molecular complexity index is 751. The maximum absolute atomic E-state index is 11.1. The van der Waals surface area contributed by atoms with Crippen LogP contribution in [0, 0.1) is 0 Å². The van der Waals surface area contributed by atoms with E-state index in [0.29, 0.717) is 25.2 Å². The molecule has 0 bridgehead atoms. The maximum Gasteiger partial charge on any atom is 0.264 e. The highest BCUT2D eigenvalue weighted by Crippen LogP contribution is 2.18. The topological polar surface area (TPSA) is 96.5 Å². The van der Waals surface area contributed by atoms with E-state index in [1.807, 2.05) is 0 Å². The molecule has 0 aliphatic heterocycles. The van der Waals surface area contributed by atoms with Crippen molar-refractivity contribution in [1.29, 1.82) is 0 Å². The number of aromatic nitrogens is 1. The molecule has 108 valence electrons. The summed E-state index contributed by atoms with van der Waals surface area (Å²) in [4.78, 5) is 13.8. The second-order valence-electron chi connectivity index (χ2n) is 4.41. The number of benzene rings is 1. The van der Waals surface area contributed by atoms with Crippen LogP contribution >= 0.6 is 0 Å². The molecule has 2 rings (SSSR count). The van der Waals surface area contributed by atoms with E-state index in [-0.39, 0.29) is 11.3 Å². The molecule has 0 saturated heterocycles. The lowest BCUT2D eigenvalue weighted by Crippen LogP contribution is -2.06. The SMILES string of the molecule is O=c1ccc2cc(OCCCCS(=O)(=O)O)ccc2[nH]1. The van der Waals surface area contributed by atoms with Crippen molar-refractivity contribution in [3.63, 3.8) is 0 Å². The summed E-state index contributed by atoms with van der Waals surface area (Å²) < 4.78 is 35.1. The van der Waals surface area contributed by atoms with Crippen molar-refractivity contribution >= 4 is 21.0 Å². The lowest BCUT2D eigenvalue weighted by atomic mass is 10.2. The fourth-order valence-corrected chi connectivity index (χ4v) is 2.37. The lowest BCUT2D eigenvalue weighted by Gasteiger charge is -2.06. The predicted molar refractivity (Wildman–Crippen MR) is 75.7 cm³/mol. The van der Waals surface area contributed by atoms with Crippen LogP contribution in [0.15, 0.2) is 35.1 Å². The van der Waals surface area contributed by atoms with E-state index in [1.54, 1.807) is 24.3 Å². The van der Waals surface area contributed by atoms with Crippen LogP contribution in [0.2, 0.25) is 0 Å². The molecule has 0 fully saturated rings. The van der Waals surface area contributed by atoms with Crippen LogP contribution < -0.4 is 10.3 Å². The minimum atomic E-state index is -3.89. The molecule has 0 amide bonds. The molecule has 2 aromatic rings. The molecule has 0 saturated carbocycles. The van der Waals surface area contributed by atoms with Gasteiger partial charge >= 0.3 is 0 Å². The van der Waals surface area contributed by atoms with E-state index in [4.69, 9.17) is 9.29 Å². The van der Waals surface area contributed by atoms with Gasteiger partial charge in [0.2, 0.25) is 5.56 Å². The molecule has 0 spiro atoms. The summed E-state index contributed by atoms with van der Waals surface area (Å²) in [5.41, 5.74) is 0.576. The van der Waals surface area contributed by atoms with Crippen LogP contribution in [0.5, 0.6) is 5.75 Å². The number of unbranched alkanes of at least 4 members (excludes halogenated alkanes) is 1. The Balaban J connectivity index is 1.90. The van der Waals surface area contributed by atoms with Gasteiger partial charge in [-0.1, -0.05) is 0 Å². The van der Waals surface area contributed by atoms with Crippen LogP contribution in [-0.4, -0.2) is 30.3 Å². The zero-order valence-corrected chi connectivity index (χ0v) is 11.5. The molecule has 20 heavy (non-hydrogen) atoms. The number of pyridine rings is 1. The summed E-state index contributed by atoms with van der Waals surface area (Å²) in [6, 6.07) is 8.44. The Morgan fingerprint density at radius 2 is 1.95 bits per heavy atom. The number of nitrogens with one attached hydrogen (secondary N) is 1. The number of ether oxygens (including phenoxy) is 1. The normalized spacial score (nSPS) is 11.7. The van der Waals surface area contributed by atoms with Crippen molar-refractivity contribution in [2.45, 2.75) is 12.8 Å². The number of rotatable bonds is 6. The molecule has 0 radical (unpaired) electrons. The first-order valence-corrected chi connectivity index (χ1v) is 7.76. The van der Waals surface area contributed by atoms with Gasteiger partial charge in [-0.15, -0.1) is 0 Å². The summed E-state index contributed by atoms with van der Waals surface area (Å²) in [6.07, 6.45) is 0.878. The number of fused-ring (bicyclic) bond motifs is 1. The predicted octanol–water partition coefficient (Wildman–Crippen LogP) is 1.57. The average Bonchev–Trinajstić information content (AvgIpc) is 2.37. The Kier molecular flexibility index (Phi) is 4.41. The highest BCUT2D eigenvalue weighted by Gasteiger charge is 2.03. The largest absolute Gasteiger partial charge is 0.494 e. The molecule has 7 heteroatoms. The standard InChI is InChI=1S/C13H15NO5S/c15-13-6-3-10-9-11(4-5-12(10)14-13)19-7-1-2-8-20(16,17)18/h3-6,9H,1-2,7-8H2,(H,14,15)(H,16,17,18). The molecular formula is C13H15NO5S. The lowest BCUT2D eigenvalue weighted by molar-refractivity contribution is 0.309. The number of hydrogen-bond donors (Lipinski definition) is 2. The molecule has 0 aliphatic carbocycles. The van der Waals surface area contributed by atoms with E-state index in [2.05, 4.69) is 4.98 Å². The molecule has 6 nitrogen and oxygen atoms in total. The van der Waals surface area contributed by atoms with Gasteiger partial charge in [-0.2, -0.15) is 8.42 Å². The van der Waals surface area contributed by atoms with Crippen LogP contribution in [0.25, 0.3) is 10.9 Å². The van der Waals surface area contributed by atoms with Gasteiger partial charge in [0.1, 0.15) is 5.75 Å². The summed E-state index contributed by atoms with van der Waals surface area (Å²) >= 11 is 0. The van der Waals surface area contributed by atoms with E-state index in [9.17, 15) is 13.2 Å². The second-order valence-corrected chi connectivity index (χ2v) is 5.99. The van der Waals surface area contributed by atoms with Crippen molar-refractivity contribution < 1.29 is 17.7 Å². The van der Waals surface area contributed by atoms with Crippen molar-refractivity contribution in [3.8, 4) is 5.75 Å². The van der Waals surface area contributed by atoms with E-state index < -0.39 is 10.1 Å². The van der Waals surface area contributed by atoms with Crippen molar-refractivity contribution in [1.82, 2.24) is 4.98 Å². The number of H-pyrrole nitrogens is 1. The summed E-state index contributed by atoms with van der Waals surface area (Å²) in [6.45, 7) is 0.365. The van der Waals surface area contributed by atoms with Gasteiger partial charge in [0, 0.05) is 17.0 Å². The quantitative estimate of drug-likeness (QED) is 0.623. The van der Waals surface area contributed by atoms with Gasteiger partial charge in [0.05, 0.1) is 12.4 Å². The summed E-state index contributed by atoms with van der Waals surface area (Å²) in [7, 11) is -3.89. The zero-order valence-electron chi connectivity index (χ0n) is 10.7. The molecule has 0 atom stereocenters. The van der Waals surface area contributed by atoms with Gasteiger partial charge < -0.3 is 9.72 Å². The molecule has 1 heterocycles. The number of aromatic amines is 1. The Morgan fingerprint density at radius 1 is 1.15 bits per heavy atom. The van der Waals surface area contributed by atoms with Crippen LogP contribution in [-0.2, 0) is 10.1 Å². The Morgan fingerprint density at radius 3 is 2.70 bits per heavy atom. The van der Waals surface area contributed by atoms with Crippen molar-refractivity contribution in [3.05, 3.63) is 40.7 Å². The first-order chi connectivity index (χ1) is 9.44. The first kappa shape index (κ1) is 14.5. The molecule has 0 aliphatic rings. The molecule has 2 N–H and O–H groups in total. The molecule has 0 unspecified atom stereocenters. The third-order valence-electron chi connectivity index (χ3n) is 2.76.